The van der Waals surface area contributed by atoms with Crippen molar-refractivity contribution in [2.45, 2.75) is 32.0 Å². The van der Waals surface area contributed by atoms with Gasteiger partial charge in [0.15, 0.2) is 0 Å². The van der Waals surface area contributed by atoms with Crippen LogP contribution in [0, 0.1) is 11.6 Å². The maximum atomic E-state index is 14.0. The molecule has 0 radical (unpaired) electrons. The molecule has 1 aromatic carbocycles. The zero-order valence-electron chi connectivity index (χ0n) is 15.3. The number of rotatable bonds is 5. The van der Waals surface area contributed by atoms with Crippen LogP contribution in [0.25, 0.3) is 11.3 Å². The number of hydrogen-bond donors (Lipinski definition) is 0. The van der Waals surface area contributed by atoms with Crippen LogP contribution < -0.4 is 5.56 Å². The molecule has 1 unspecified atom stereocenters. The molecule has 0 spiro atoms. The highest BCUT2D eigenvalue weighted by molar-refractivity contribution is 5.56. The van der Waals surface area contributed by atoms with E-state index in [9.17, 15) is 13.6 Å². The first-order valence-corrected chi connectivity index (χ1v) is 9.27. The topological polar surface area (TPSA) is 51.0 Å². The number of hydrogen-bond acceptors (Lipinski definition) is 4. The van der Waals surface area contributed by atoms with Crippen LogP contribution in [0.5, 0.6) is 0 Å². The van der Waals surface area contributed by atoms with E-state index in [0.717, 1.165) is 37.1 Å². The summed E-state index contributed by atoms with van der Waals surface area (Å²) in [6.45, 7) is 1.49. The Morgan fingerprint density at radius 3 is 2.86 bits per heavy atom. The van der Waals surface area contributed by atoms with Gasteiger partial charge >= 0.3 is 0 Å². The molecule has 144 valence electrons. The Morgan fingerprint density at radius 2 is 2.04 bits per heavy atom. The predicted molar refractivity (Wildman–Crippen MR) is 102 cm³/mol. The van der Waals surface area contributed by atoms with Gasteiger partial charge in [0, 0.05) is 42.2 Å². The van der Waals surface area contributed by atoms with Crippen LogP contribution in [0.15, 0.2) is 59.7 Å². The standard InChI is InChI=1S/C21H20F2N4O/c22-17-5-6-19(23)16(11-17)13-26-10-2-4-18(26)14-27-21(28)8-7-20(25-27)15-3-1-9-24-12-15/h1,3,5-9,11-12,18H,2,4,10,13-14H2. The molecule has 2 aromatic heterocycles. The van der Waals surface area contributed by atoms with Crippen LogP contribution in [0.4, 0.5) is 8.78 Å². The van der Waals surface area contributed by atoms with Crippen molar-refractivity contribution in [1.82, 2.24) is 19.7 Å². The smallest absolute Gasteiger partial charge is 0.266 e. The molecule has 7 heteroatoms. The van der Waals surface area contributed by atoms with Gasteiger partial charge in [-0.2, -0.15) is 5.10 Å². The summed E-state index contributed by atoms with van der Waals surface area (Å²) >= 11 is 0. The summed E-state index contributed by atoms with van der Waals surface area (Å²) in [7, 11) is 0. The highest BCUT2D eigenvalue weighted by atomic mass is 19.1. The fraction of sp³-hybridized carbons (Fsp3) is 0.286. The number of halogens is 2. The van der Waals surface area contributed by atoms with E-state index >= 15 is 0 Å². The summed E-state index contributed by atoms with van der Waals surface area (Å²) in [6.07, 6.45) is 5.20. The van der Waals surface area contributed by atoms with E-state index in [4.69, 9.17) is 0 Å². The molecule has 5 nitrogen and oxygen atoms in total. The zero-order chi connectivity index (χ0) is 19.5. The average molecular weight is 382 g/mol. The molecule has 4 rings (SSSR count). The van der Waals surface area contributed by atoms with Crippen molar-refractivity contribution in [3.63, 3.8) is 0 Å². The summed E-state index contributed by atoms with van der Waals surface area (Å²) in [6, 6.07) is 10.4. The normalized spacial score (nSPS) is 17.1. The van der Waals surface area contributed by atoms with Crippen LogP contribution in [0.2, 0.25) is 0 Å². The maximum absolute atomic E-state index is 14.0. The average Bonchev–Trinajstić information content (AvgIpc) is 3.14. The lowest BCUT2D eigenvalue weighted by atomic mass is 10.1. The highest BCUT2D eigenvalue weighted by Gasteiger charge is 2.26. The number of aromatic nitrogens is 3. The molecule has 0 saturated carbocycles. The fourth-order valence-corrected chi connectivity index (χ4v) is 3.64. The minimum absolute atomic E-state index is 0.0389. The summed E-state index contributed by atoms with van der Waals surface area (Å²) in [4.78, 5) is 18.5. The van der Waals surface area contributed by atoms with Crippen LogP contribution in [-0.2, 0) is 13.1 Å². The van der Waals surface area contributed by atoms with Gasteiger partial charge in [-0.05, 0) is 55.8 Å². The monoisotopic (exact) mass is 382 g/mol. The van der Waals surface area contributed by atoms with Gasteiger partial charge in [0.2, 0.25) is 0 Å². The minimum atomic E-state index is -0.450. The van der Waals surface area contributed by atoms with Crippen molar-refractivity contribution >= 4 is 0 Å². The molecule has 0 aliphatic carbocycles. The SMILES string of the molecule is O=c1ccc(-c2cccnc2)nn1CC1CCCN1Cc1cc(F)ccc1F. The quantitative estimate of drug-likeness (QED) is 0.680. The molecular formula is C21H20F2N4O. The third-order valence-electron chi connectivity index (χ3n) is 5.09. The molecule has 1 saturated heterocycles. The van der Waals surface area contributed by atoms with Crippen molar-refractivity contribution in [2.75, 3.05) is 6.54 Å². The Bertz CT molecular complexity index is 1020. The molecule has 28 heavy (non-hydrogen) atoms. The second-order valence-corrected chi connectivity index (χ2v) is 6.98. The zero-order valence-corrected chi connectivity index (χ0v) is 15.3. The van der Waals surface area contributed by atoms with Crippen LogP contribution in [-0.4, -0.2) is 32.3 Å². The van der Waals surface area contributed by atoms with Crippen LogP contribution in [0.1, 0.15) is 18.4 Å². The number of benzene rings is 1. The van der Waals surface area contributed by atoms with Gasteiger partial charge in [-0.15, -0.1) is 0 Å². The molecule has 3 heterocycles. The Balaban J connectivity index is 1.55. The molecule has 3 aromatic rings. The molecule has 0 bridgehead atoms. The third-order valence-corrected chi connectivity index (χ3v) is 5.09. The molecule has 1 aliphatic rings. The number of nitrogens with zero attached hydrogens (tertiary/aromatic N) is 4. The van der Waals surface area contributed by atoms with Crippen molar-refractivity contribution in [2.24, 2.45) is 0 Å². The molecule has 0 N–H and O–H groups in total. The van der Waals surface area contributed by atoms with E-state index in [1.165, 1.54) is 16.8 Å². The van der Waals surface area contributed by atoms with Gasteiger partial charge in [0.25, 0.3) is 5.56 Å². The predicted octanol–water partition coefficient (Wildman–Crippen LogP) is 3.25. The number of likely N-dealkylation sites (tertiary alicyclic amines) is 1. The first-order chi connectivity index (χ1) is 13.6. The van der Waals surface area contributed by atoms with Crippen molar-refractivity contribution in [3.8, 4) is 11.3 Å². The van der Waals surface area contributed by atoms with Crippen molar-refractivity contribution < 1.29 is 8.78 Å². The summed E-state index contributed by atoms with van der Waals surface area (Å²) in [5, 5.41) is 4.48. The van der Waals surface area contributed by atoms with E-state index in [2.05, 4.69) is 15.0 Å². The Labute approximate surface area is 161 Å². The molecule has 1 aliphatic heterocycles. The van der Waals surface area contributed by atoms with Gasteiger partial charge in [0.1, 0.15) is 11.6 Å². The van der Waals surface area contributed by atoms with E-state index in [1.54, 1.807) is 18.5 Å². The first-order valence-electron chi connectivity index (χ1n) is 9.27. The van der Waals surface area contributed by atoms with Gasteiger partial charge in [-0.25, -0.2) is 13.5 Å². The van der Waals surface area contributed by atoms with E-state index in [1.807, 2.05) is 12.1 Å². The Kier molecular flexibility index (Phi) is 5.25. The van der Waals surface area contributed by atoms with Crippen molar-refractivity contribution in [3.05, 3.63) is 82.4 Å². The van der Waals surface area contributed by atoms with E-state index in [-0.39, 0.29) is 11.6 Å². The van der Waals surface area contributed by atoms with E-state index in [0.29, 0.717) is 24.3 Å². The lowest BCUT2D eigenvalue weighted by molar-refractivity contribution is 0.214. The molecule has 0 amide bonds. The van der Waals surface area contributed by atoms with Gasteiger partial charge < -0.3 is 0 Å². The highest BCUT2D eigenvalue weighted by Crippen LogP contribution is 2.23. The van der Waals surface area contributed by atoms with Gasteiger partial charge in [0.05, 0.1) is 12.2 Å². The lowest BCUT2D eigenvalue weighted by Gasteiger charge is -2.25. The van der Waals surface area contributed by atoms with Gasteiger partial charge in [-0.3, -0.25) is 14.7 Å². The number of pyridine rings is 1. The molecular weight excluding hydrogens is 362 g/mol. The largest absolute Gasteiger partial charge is 0.294 e. The molecule has 1 fully saturated rings. The van der Waals surface area contributed by atoms with Crippen molar-refractivity contribution in [1.29, 1.82) is 0 Å². The minimum Gasteiger partial charge on any atom is -0.294 e. The van der Waals surface area contributed by atoms with E-state index < -0.39 is 11.6 Å². The maximum Gasteiger partial charge on any atom is 0.266 e. The molecule has 1 atom stereocenters. The fourth-order valence-electron chi connectivity index (χ4n) is 3.64. The summed E-state index contributed by atoms with van der Waals surface area (Å²) in [5.41, 5.74) is 1.66. The van der Waals surface area contributed by atoms with Crippen LogP contribution in [0.3, 0.4) is 0 Å². The lowest BCUT2D eigenvalue weighted by Crippen LogP contribution is -2.36. The third kappa shape index (κ3) is 3.99. The summed E-state index contributed by atoms with van der Waals surface area (Å²) < 4.78 is 28.9. The second-order valence-electron chi connectivity index (χ2n) is 6.98. The Morgan fingerprint density at radius 1 is 1.14 bits per heavy atom. The van der Waals surface area contributed by atoms with Crippen LogP contribution >= 0.6 is 0 Å². The second kappa shape index (κ2) is 7.98. The Hall–Kier alpha value is -2.93. The van der Waals surface area contributed by atoms with Gasteiger partial charge in [-0.1, -0.05) is 0 Å². The summed E-state index contributed by atoms with van der Waals surface area (Å²) in [5.74, 6) is -0.866. The first kappa shape index (κ1) is 18.4.